The molecule has 5 heteroatoms. The summed E-state index contributed by atoms with van der Waals surface area (Å²) < 4.78 is 4.93. The SMILES string of the molecule is COCCC(=O)N1CCC(c2nccc(C)n2)C1. The summed E-state index contributed by atoms with van der Waals surface area (Å²) in [6.45, 7) is 3.97. The fourth-order valence-corrected chi connectivity index (χ4v) is 2.21. The monoisotopic (exact) mass is 249 g/mol. The first-order chi connectivity index (χ1) is 8.70. The van der Waals surface area contributed by atoms with Gasteiger partial charge in [0, 0.05) is 38.0 Å². The van der Waals surface area contributed by atoms with Crippen LogP contribution in [0.5, 0.6) is 0 Å². The lowest BCUT2D eigenvalue weighted by molar-refractivity contribution is -0.131. The molecule has 0 N–H and O–H groups in total. The van der Waals surface area contributed by atoms with Crippen molar-refractivity contribution in [2.45, 2.75) is 25.7 Å². The largest absolute Gasteiger partial charge is 0.384 e. The molecule has 0 bridgehead atoms. The minimum Gasteiger partial charge on any atom is -0.384 e. The minimum absolute atomic E-state index is 0.159. The number of hydrogen-bond donors (Lipinski definition) is 0. The van der Waals surface area contributed by atoms with Crippen molar-refractivity contribution in [2.24, 2.45) is 0 Å². The van der Waals surface area contributed by atoms with E-state index in [9.17, 15) is 4.79 Å². The lowest BCUT2D eigenvalue weighted by atomic mass is 10.1. The molecule has 2 heterocycles. The molecule has 2 rings (SSSR count). The molecule has 5 nitrogen and oxygen atoms in total. The topological polar surface area (TPSA) is 55.3 Å². The summed E-state index contributed by atoms with van der Waals surface area (Å²) in [4.78, 5) is 22.5. The Kier molecular flexibility index (Phi) is 4.25. The summed E-state index contributed by atoms with van der Waals surface area (Å²) in [6, 6.07) is 1.89. The van der Waals surface area contributed by atoms with Crippen molar-refractivity contribution >= 4 is 5.91 Å². The van der Waals surface area contributed by atoms with Crippen LogP contribution < -0.4 is 0 Å². The van der Waals surface area contributed by atoms with Gasteiger partial charge in [0.1, 0.15) is 5.82 Å². The van der Waals surface area contributed by atoms with Gasteiger partial charge in [0.2, 0.25) is 5.91 Å². The van der Waals surface area contributed by atoms with E-state index >= 15 is 0 Å². The molecule has 98 valence electrons. The Hall–Kier alpha value is -1.49. The first-order valence-corrected chi connectivity index (χ1v) is 6.27. The van der Waals surface area contributed by atoms with Crippen LogP contribution in [0.1, 0.15) is 30.3 Å². The van der Waals surface area contributed by atoms with Crippen LogP contribution in [0, 0.1) is 6.92 Å². The number of aryl methyl sites for hydroxylation is 1. The molecule has 0 saturated carbocycles. The van der Waals surface area contributed by atoms with Crippen LogP contribution in [-0.4, -0.2) is 47.6 Å². The number of methoxy groups -OCH3 is 1. The van der Waals surface area contributed by atoms with E-state index < -0.39 is 0 Å². The highest BCUT2D eigenvalue weighted by Crippen LogP contribution is 2.24. The number of nitrogens with zero attached hydrogens (tertiary/aromatic N) is 3. The number of ether oxygens (including phenoxy) is 1. The van der Waals surface area contributed by atoms with Gasteiger partial charge in [0.15, 0.2) is 0 Å². The van der Waals surface area contributed by atoms with E-state index in [0.717, 1.165) is 31.0 Å². The van der Waals surface area contributed by atoms with Gasteiger partial charge in [-0.2, -0.15) is 0 Å². The molecule has 1 aliphatic heterocycles. The zero-order valence-corrected chi connectivity index (χ0v) is 10.9. The third kappa shape index (κ3) is 3.04. The molecule has 0 spiro atoms. The van der Waals surface area contributed by atoms with Crippen LogP contribution in [0.15, 0.2) is 12.3 Å². The van der Waals surface area contributed by atoms with Gasteiger partial charge in [-0.15, -0.1) is 0 Å². The van der Waals surface area contributed by atoms with Crippen molar-refractivity contribution in [1.29, 1.82) is 0 Å². The molecule has 18 heavy (non-hydrogen) atoms. The van der Waals surface area contributed by atoms with Crippen LogP contribution >= 0.6 is 0 Å². The Balaban J connectivity index is 1.94. The standard InChI is InChI=1S/C13H19N3O2/c1-10-3-6-14-13(15-10)11-4-7-16(9-11)12(17)5-8-18-2/h3,6,11H,4-5,7-9H2,1-2H3. The quantitative estimate of drug-likeness (QED) is 0.803. The highest BCUT2D eigenvalue weighted by molar-refractivity contribution is 5.76. The Morgan fingerprint density at radius 2 is 2.44 bits per heavy atom. The first-order valence-electron chi connectivity index (χ1n) is 6.27. The minimum atomic E-state index is 0.159. The number of amides is 1. The fourth-order valence-electron chi connectivity index (χ4n) is 2.21. The van der Waals surface area contributed by atoms with E-state index in [1.165, 1.54) is 0 Å². The van der Waals surface area contributed by atoms with Gasteiger partial charge in [0.05, 0.1) is 13.0 Å². The molecule has 1 fully saturated rings. The molecule has 1 aliphatic rings. The van der Waals surface area contributed by atoms with E-state index in [4.69, 9.17) is 4.74 Å². The third-order valence-corrected chi connectivity index (χ3v) is 3.24. The predicted molar refractivity (Wildman–Crippen MR) is 67.2 cm³/mol. The normalized spacial score (nSPS) is 19.2. The lowest BCUT2D eigenvalue weighted by Crippen LogP contribution is -2.29. The second-order valence-electron chi connectivity index (χ2n) is 4.62. The van der Waals surface area contributed by atoms with Crippen molar-refractivity contribution in [3.8, 4) is 0 Å². The molecule has 1 aromatic heterocycles. The molecule has 0 radical (unpaired) electrons. The summed E-state index contributed by atoms with van der Waals surface area (Å²) in [5, 5.41) is 0. The smallest absolute Gasteiger partial charge is 0.224 e. The van der Waals surface area contributed by atoms with Crippen molar-refractivity contribution in [2.75, 3.05) is 26.8 Å². The predicted octanol–water partition coefficient (Wildman–Crippen LogP) is 1.14. The number of hydrogen-bond acceptors (Lipinski definition) is 4. The van der Waals surface area contributed by atoms with Crippen LogP contribution in [0.4, 0.5) is 0 Å². The zero-order valence-electron chi connectivity index (χ0n) is 10.9. The van der Waals surface area contributed by atoms with E-state index in [1.807, 2.05) is 17.9 Å². The molecule has 1 saturated heterocycles. The lowest BCUT2D eigenvalue weighted by Gasteiger charge is -2.16. The molecule has 0 aromatic carbocycles. The summed E-state index contributed by atoms with van der Waals surface area (Å²) in [6.07, 6.45) is 3.19. The van der Waals surface area contributed by atoms with Crippen molar-refractivity contribution < 1.29 is 9.53 Å². The van der Waals surface area contributed by atoms with E-state index in [-0.39, 0.29) is 11.8 Å². The van der Waals surface area contributed by atoms with Gasteiger partial charge in [-0.05, 0) is 19.4 Å². The second kappa shape index (κ2) is 5.91. The number of likely N-dealkylation sites (tertiary alicyclic amines) is 1. The van der Waals surface area contributed by atoms with Gasteiger partial charge in [-0.25, -0.2) is 9.97 Å². The number of carbonyl (C=O) groups is 1. The van der Waals surface area contributed by atoms with E-state index in [1.54, 1.807) is 13.3 Å². The number of rotatable bonds is 4. The number of aromatic nitrogens is 2. The highest BCUT2D eigenvalue weighted by Gasteiger charge is 2.28. The Morgan fingerprint density at radius 1 is 1.61 bits per heavy atom. The van der Waals surface area contributed by atoms with Crippen molar-refractivity contribution in [3.63, 3.8) is 0 Å². The van der Waals surface area contributed by atoms with Gasteiger partial charge in [0.25, 0.3) is 0 Å². The molecular formula is C13H19N3O2. The summed E-state index contributed by atoms with van der Waals surface area (Å²) in [5.41, 5.74) is 0.976. The maximum absolute atomic E-state index is 11.9. The second-order valence-corrected chi connectivity index (χ2v) is 4.62. The molecule has 0 aliphatic carbocycles. The van der Waals surface area contributed by atoms with Gasteiger partial charge >= 0.3 is 0 Å². The first kappa shape index (κ1) is 13.0. The fraction of sp³-hybridized carbons (Fsp3) is 0.615. The Morgan fingerprint density at radius 3 is 3.17 bits per heavy atom. The number of carbonyl (C=O) groups excluding carboxylic acids is 1. The highest BCUT2D eigenvalue weighted by atomic mass is 16.5. The zero-order chi connectivity index (χ0) is 13.0. The summed E-state index contributed by atoms with van der Waals surface area (Å²) in [5.74, 6) is 1.29. The average Bonchev–Trinajstić information content (AvgIpc) is 2.85. The summed E-state index contributed by atoms with van der Waals surface area (Å²) >= 11 is 0. The van der Waals surface area contributed by atoms with Gasteiger partial charge < -0.3 is 9.64 Å². The molecule has 1 atom stereocenters. The third-order valence-electron chi connectivity index (χ3n) is 3.24. The maximum Gasteiger partial charge on any atom is 0.224 e. The molecular weight excluding hydrogens is 230 g/mol. The van der Waals surface area contributed by atoms with Gasteiger partial charge in [-0.3, -0.25) is 4.79 Å². The summed E-state index contributed by atoms with van der Waals surface area (Å²) in [7, 11) is 1.61. The van der Waals surface area contributed by atoms with Crippen molar-refractivity contribution in [3.05, 3.63) is 23.8 Å². The Labute approximate surface area is 107 Å². The van der Waals surface area contributed by atoms with Crippen LogP contribution in [-0.2, 0) is 9.53 Å². The maximum atomic E-state index is 11.9. The van der Waals surface area contributed by atoms with Gasteiger partial charge in [-0.1, -0.05) is 0 Å². The molecule has 1 unspecified atom stereocenters. The van der Waals surface area contributed by atoms with Crippen LogP contribution in [0.25, 0.3) is 0 Å². The van der Waals surface area contributed by atoms with Crippen molar-refractivity contribution in [1.82, 2.24) is 14.9 Å². The van der Waals surface area contributed by atoms with Crippen LogP contribution in [0.2, 0.25) is 0 Å². The van der Waals surface area contributed by atoms with E-state index in [0.29, 0.717) is 13.0 Å². The van der Waals surface area contributed by atoms with E-state index in [2.05, 4.69) is 9.97 Å². The van der Waals surface area contributed by atoms with Crippen LogP contribution in [0.3, 0.4) is 0 Å². The Bertz CT molecular complexity index is 422. The average molecular weight is 249 g/mol. The molecule has 1 amide bonds. The molecule has 1 aromatic rings.